The van der Waals surface area contributed by atoms with Crippen molar-refractivity contribution in [1.29, 1.82) is 0 Å². The van der Waals surface area contributed by atoms with Crippen LogP contribution >= 0.6 is 0 Å². The number of carbonyl (C=O) groups is 1. The van der Waals surface area contributed by atoms with E-state index in [0.29, 0.717) is 11.3 Å². The fraction of sp³-hybridized carbons (Fsp3) is 0.591. The Kier molecular flexibility index (Phi) is 4.25. The molecule has 1 unspecified atom stereocenters. The van der Waals surface area contributed by atoms with Gasteiger partial charge in [0.2, 0.25) is 5.91 Å². The summed E-state index contributed by atoms with van der Waals surface area (Å²) in [7, 11) is 0. The number of para-hydroxylation sites is 1. The fourth-order valence-corrected chi connectivity index (χ4v) is 4.88. The maximum atomic E-state index is 13.2. The average Bonchev–Trinajstić information content (AvgIpc) is 3.15. The largest absolute Gasteiger partial charge is 0.332 e. The Hall–Kier alpha value is -2.17. The molecule has 1 aromatic carbocycles. The Morgan fingerprint density at radius 2 is 1.81 bits per heavy atom. The number of benzene rings is 1. The van der Waals surface area contributed by atoms with Crippen molar-refractivity contribution in [3.8, 4) is 0 Å². The number of hydrogen-bond donors (Lipinski definition) is 0. The molecule has 0 N–H and O–H groups in total. The van der Waals surface area contributed by atoms with Crippen molar-refractivity contribution in [2.45, 2.75) is 64.0 Å². The van der Waals surface area contributed by atoms with Crippen molar-refractivity contribution in [2.24, 2.45) is 11.8 Å². The quantitative estimate of drug-likeness (QED) is 0.831. The van der Waals surface area contributed by atoms with E-state index in [9.17, 15) is 9.59 Å². The smallest absolute Gasteiger partial charge is 0.261 e. The maximum Gasteiger partial charge on any atom is 0.261 e. The molecule has 2 heterocycles. The van der Waals surface area contributed by atoms with Crippen molar-refractivity contribution in [3.05, 3.63) is 40.4 Å². The first kappa shape index (κ1) is 17.0. The van der Waals surface area contributed by atoms with Crippen LogP contribution in [0.15, 0.2) is 29.1 Å². The first-order valence-corrected chi connectivity index (χ1v) is 10.5. The first-order chi connectivity index (χ1) is 13.2. The maximum absolute atomic E-state index is 13.2. The van der Waals surface area contributed by atoms with Gasteiger partial charge >= 0.3 is 0 Å². The second-order valence-electron chi connectivity index (χ2n) is 8.52. The molecule has 3 fully saturated rings. The van der Waals surface area contributed by atoms with Gasteiger partial charge < -0.3 is 4.90 Å². The lowest BCUT2D eigenvalue weighted by atomic mass is 10.1. The van der Waals surface area contributed by atoms with Crippen LogP contribution in [0.1, 0.15) is 63.2 Å². The number of rotatable bonds is 4. The molecule has 0 radical (unpaired) electrons. The number of aromatic nitrogens is 2. The average molecular weight is 365 g/mol. The number of amides is 1. The Labute approximate surface area is 159 Å². The molecule has 2 saturated carbocycles. The SMILES string of the molecule is O=C(C1CCCC1)N1CCCC1c1nc2ccccc2c(=O)n1CC1CC1. The standard InChI is InChI=1S/C22H27N3O2/c26-21(16-6-1-2-7-16)24-13-5-10-19(24)20-23-18-9-4-3-8-17(18)22(27)25(20)14-15-11-12-15/h3-4,8-9,15-16,19H,1-2,5-7,10-14H2. The second kappa shape index (κ2) is 6.77. The van der Waals surface area contributed by atoms with Crippen molar-refractivity contribution in [2.75, 3.05) is 6.54 Å². The van der Waals surface area contributed by atoms with E-state index in [0.717, 1.165) is 63.0 Å². The molecular formula is C22H27N3O2. The van der Waals surface area contributed by atoms with Gasteiger partial charge in [0.25, 0.3) is 5.56 Å². The molecule has 5 rings (SSSR count). The summed E-state index contributed by atoms with van der Waals surface area (Å²) in [5.74, 6) is 1.87. The fourth-order valence-electron chi connectivity index (χ4n) is 4.88. The molecule has 0 bridgehead atoms. The second-order valence-corrected chi connectivity index (χ2v) is 8.52. The number of fused-ring (bicyclic) bond motifs is 1. The number of hydrogen-bond acceptors (Lipinski definition) is 3. The number of carbonyl (C=O) groups excluding carboxylic acids is 1. The van der Waals surface area contributed by atoms with E-state index >= 15 is 0 Å². The zero-order valence-electron chi connectivity index (χ0n) is 15.8. The highest BCUT2D eigenvalue weighted by atomic mass is 16.2. The van der Waals surface area contributed by atoms with E-state index in [1.165, 1.54) is 12.8 Å². The van der Waals surface area contributed by atoms with E-state index < -0.39 is 0 Å². The van der Waals surface area contributed by atoms with E-state index in [-0.39, 0.29) is 23.4 Å². The first-order valence-electron chi connectivity index (χ1n) is 10.5. The van der Waals surface area contributed by atoms with Crippen LogP contribution in [0, 0.1) is 11.8 Å². The van der Waals surface area contributed by atoms with Gasteiger partial charge in [-0.15, -0.1) is 0 Å². The topological polar surface area (TPSA) is 55.2 Å². The predicted molar refractivity (Wildman–Crippen MR) is 104 cm³/mol. The van der Waals surface area contributed by atoms with Gasteiger partial charge in [-0.05, 0) is 56.6 Å². The third kappa shape index (κ3) is 3.07. The summed E-state index contributed by atoms with van der Waals surface area (Å²) in [6.45, 7) is 1.54. The van der Waals surface area contributed by atoms with Crippen LogP contribution in [0.3, 0.4) is 0 Å². The van der Waals surface area contributed by atoms with E-state index in [2.05, 4.69) is 0 Å². The summed E-state index contributed by atoms with van der Waals surface area (Å²) >= 11 is 0. The molecule has 5 nitrogen and oxygen atoms in total. The van der Waals surface area contributed by atoms with Crippen LogP contribution in [0.4, 0.5) is 0 Å². The molecule has 1 atom stereocenters. The molecule has 2 aliphatic carbocycles. The molecular weight excluding hydrogens is 338 g/mol. The molecule has 5 heteroatoms. The Morgan fingerprint density at radius 3 is 2.59 bits per heavy atom. The van der Waals surface area contributed by atoms with Crippen LogP contribution < -0.4 is 5.56 Å². The minimum atomic E-state index is -0.0471. The van der Waals surface area contributed by atoms with Crippen LogP contribution in [0.2, 0.25) is 0 Å². The van der Waals surface area contributed by atoms with Crippen LogP contribution in [0.25, 0.3) is 10.9 Å². The lowest BCUT2D eigenvalue weighted by Crippen LogP contribution is -2.38. The number of likely N-dealkylation sites (tertiary alicyclic amines) is 1. The molecule has 3 aliphatic rings. The molecule has 1 saturated heterocycles. The Bertz CT molecular complexity index is 925. The van der Waals surface area contributed by atoms with Crippen LogP contribution in [-0.4, -0.2) is 26.9 Å². The van der Waals surface area contributed by atoms with Crippen molar-refractivity contribution < 1.29 is 4.79 Å². The lowest BCUT2D eigenvalue weighted by Gasteiger charge is -2.29. The summed E-state index contributed by atoms with van der Waals surface area (Å²) in [6, 6.07) is 7.57. The molecule has 27 heavy (non-hydrogen) atoms. The van der Waals surface area contributed by atoms with Gasteiger partial charge in [0.15, 0.2) is 0 Å². The zero-order valence-corrected chi connectivity index (χ0v) is 15.8. The van der Waals surface area contributed by atoms with Gasteiger partial charge in [0, 0.05) is 19.0 Å². The van der Waals surface area contributed by atoms with E-state index in [4.69, 9.17) is 4.98 Å². The molecule has 0 spiro atoms. The summed E-state index contributed by atoms with van der Waals surface area (Å²) < 4.78 is 1.89. The highest BCUT2D eigenvalue weighted by Crippen LogP contribution is 2.37. The third-order valence-corrected chi connectivity index (χ3v) is 6.57. The molecule has 2 aromatic rings. The minimum Gasteiger partial charge on any atom is -0.332 e. The Morgan fingerprint density at radius 1 is 1.04 bits per heavy atom. The monoisotopic (exact) mass is 365 g/mol. The van der Waals surface area contributed by atoms with Gasteiger partial charge in [0.05, 0.1) is 16.9 Å². The molecule has 142 valence electrons. The van der Waals surface area contributed by atoms with Crippen molar-refractivity contribution >= 4 is 16.8 Å². The van der Waals surface area contributed by atoms with Gasteiger partial charge in [0.1, 0.15) is 5.82 Å². The van der Waals surface area contributed by atoms with Gasteiger partial charge in [-0.1, -0.05) is 25.0 Å². The molecule has 1 aromatic heterocycles. The minimum absolute atomic E-state index is 0.0471. The zero-order chi connectivity index (χ0) is 18.4. The highest BCUT2D eigenvalue weighted by molar-refractivity contribution is 5.80. The normalized spacial score (nSPS) is 23.4. The van der Waals surface area contributed by atoms with Crippen molar-refractivity contribution in [3.63, 3.8) is 0 Å². The molecule has 1 aliphatic heterocycles. The summed E-state index contributed by atoms with van der Waals surface area (Å²) in [5, 5.41) is 0.688. The van der Waals surface area contributed by atoms with E-state index in [1.807, 2.05) is 33.7 Å². The van der Waals surface area contributed by atoms with Crippen molar-refractivity contribution in [1.82, 2.24) is 14.5 Å². The van der Waals surface area contributed by atoms with Gasteiger partial charge in [-0.25, -0.2) is 4.98 Å². The van der Waals surface area contributed by atoms with Crippen LogP contribution in [-0.2, 0) is 11.3 Å². The summed E-state index contributed by atoms with van der Waals surface area (Å²) in [6.07, 6.45) is 8.64. The predicted octanol–water partition coefficient (Wildman–Crippen LogP) is 3.66. The van der Waals surface area contributed by atoms with Gasteiger partial charge in [-0.3, -0.25) is 14.2 Å². The highest BCUT2D eigenvalue weighted by Gasteiger charge is 2.38. The third-order valence-electron chi connectivity index (χ3n) is 6.57. The number of nitrogens with zero attached hydrogens (tertiary/aromatic N) is 3. The van der Waals surface area contributed by atoms with Gasteiger partial charge in [-0.2, -0.15) is 0 Å². The lowest BCUT2D eigenvalue weighted by molar-refractivity contribution is -0.136. The Balaban J connectivity index is 1.57. The molecule has 1 amide bonds. The summed E-state index contributed by atoms with van der Waals surface area (Å²) in [5.41, 5.74) is 0.812. The van der Waals surface area contributed by atoms with Crippen LogP contribution in [0.5, 0.6) is 0 Å². The summed E-state index contributed by atoms with van der Waals surface area (Å²) in [4.78, 5) is 33.3. The van der Waals surface area contributed by atoms with E-state index in [1.54, 1.807) is 0 Å².